The van der Waals surface area contributed by atoms with Gasteiger partial charge in [0, 0.05) is 24.1 Å². The molecule has 1 aliphatic heterocycles. The molecule has 0 bridgehead atoms. The van der Waals surface area contributed by atoms with E-state index in [-0.39, 0.29) is 18.2 Å². The topological polar surface area (TPSA) is 60.8 Å². The van der Waals surface area contributed by atoms with Gasteiger partial charge in [-0.2, -0.15) is 0 Å². The van der Waals surface area contributed by atoms with E-state index >= 15 is 0 Å². The van der Waals surface area contributed by atoms with Crippen molar-refractivity contribution < 1.29 is 19.4 Å². The highest BCUT2D eigenvalue weighted by molar-refractivity contribution is 5.66. The number of phenolic OH excluding ortho intramolecular Hbond substituents is 1. The Morgan fingerprint density at radius 3 is 2.67 bits per heavy atom. The molecule has 1 aromatic carbocycles. The SMILES string of the molecule is CC(c1ccc(F)cc1O)N1CCC(CCC(=O)O)CC1. The third kappa shape index (κ3) is 4.17. The number of carbonyl (C=O) groups is 1. The summed E-state index contributed by atoms with van der Waals surface area (Å²) >= 11 is 0. The van der Waals surface area contributed by atoms with E-state index in [1.807, 2.05) is 6.92 Å². The summed E-state index contributed by atoms with van der Waals surface area (Å²) in [4.78, 5) is 12.8. The van der Waals surface area contributed by atoms with Crippen molar-refractivity contribution in [2.75, 3.05) is 13.1 Å². The summed E-state index contributed by atoms with van der Waals surface area (Å²) in [6.07, 6.45) is 2.91. The number of phenols is 1. The molecule has 1 saturated heterocycles. The van der Waals surface area contributed by atoms with E-state index in [2.05, 4.69) is 4.90 Å². The molecule has 4 nitrogen and oxygen atoms in total. The van der Waals surface area contributed by atoms with E-state index in [9.17, 15) is 14.3 Å². The first kappa shape index (κ1) is 15.8. The van der Waals surface area contributed by atoms with Gasteiger partial charge in [-0.15, -0.1) is 0 Å². The molecule has 116 valence electrons. The van der Waals surface area contributed by atoms with Crippen LogP contribution in [-0.2, 0) is 4.79 Å². The molecule has 0 aromatic heterocycles. The van der Waals surface area contributed by atoms with Gasteiger partial charge in [0.2, 0.25) is 0 Å². The second-order valence-corrected chi connectivity index (χ2v) is 5.79. The number of benzene rings is 1. The molecule has 1 aromatic rings. The largest absolute Gasteiger partial charge is 0.508 e. The molecule has 1 heterocycles. The molecule has 0 amide bonds. The Kier molecular flexibility index (Phi) is 5.17. The van der Waals surface area contributed by atoms with E-state index in [0.29, 0.717) is 5.92 Å². The summed E-state index contributed by atoms with van der Waals surface area (Å²) in [6.45, 7) is 3.76. The molecular formula is C16H22FNO3. The quantitative estimate of drug-likeness (QED) is 0.876. The van der Waals surface area contributed by atoms with Crippen molar-refractivity contribution in [3.05, 3.63) is 29.6 Å². The van der Waals surface area contributed by atoms with Crippen molar-refractivity contribution >= 4 is 5.97 Å². The maximum atomic E-state index is 13.0. The van der Waals surface area contributed by atoms with Crippen molar-refractivity contribution in [1.29, 1.82) is 0 Å². The van der Waals surface area contributed by atoms with Crippen molar-refractivity contribution in [3.63, 3.8) is 0 Å². The number of carboxylic acids is 1. The van der Waals surface area contributed by atoms with Gasteiger partial charge in [-0.25, -0.2) is 4.39 Å². The maximum Gasteiger partial charge on any atom is 0.303 e. The lowest BCUT2D eigenvalue weighted by Gasteiger charge is -2.36. The van der Waals surface area contributed by atoms with E-state index in [0.717, 1.165) is 44.0 Å². The highest BCUT2D eigenvalue weighted by Crippen LogP contribution is 2.32. The molecule has 0 spiro atoms. The van der Waals surface area contributed by atoms with Crippen LogP contribution in [0.5, 0.6) is 5.75 Å². The average Bonchev–Trinajstić information content (AvgIpc) is 2.45. The third-order valence-corrected chi connectivity index (χ3v) is 4.41. The Hall–Kier alpha value is -1.62. The monoisotopic (exact) mass is 295 g/mol. The highest BCUT2D eigenvalue weighted by Gasteiger charge is 2.25. The molecule has 1 unspecified atom stereocenters. The second-order valence-electron chi connectivity index (χ2n) is 5.79. The molecule has 1 atom stereocenters. The number of hydrogen-bond acceptors (Lipinski definition) is 3. The summed E-state index contributed by atoms with van der Waals surface area (Å²) in [6, 6.07) is 4.17. The van der Waals surface area contributed by atoms with Crippen molar-refractivity contribution in [2.45, 2.75) is 38.6 Å². The van der Waals surface area contributed by atoms with Crippen LogP contribution in [0.15, 0.2) is 18.2 Å². The lowest BCUT2D eigenvalue weighted by molar-refractivity contribution is -0.137. The fourth-order valence-electron chi connectivity index (χ4n) is 3.02. The zero-order chi connectivity index (χ0) is 15.4. The number of piperidine rings is 1. The van der Waals surface area contributed by atoms with Crippen LogP contribution >= 0.6 is 0 Å². The fraction of sp³-hybridized carbons (Fsp3) is 0.562. The predicted molar refractivity (Wildman–Crippen MR) is 77.6 cm³/mol. The molecule has 1 fully saturated rings. The molecule has 0 radical (unpaired) electrons. The van der Waals surface area contributed by atoms with Crippen LogP contribution in [-0.4, -0.2) is 34.2 Å². The minimum absolute atomic E-state index is 0.00417. The van der Waals surface area contributed by atoms with Crippen molar-refractivity contribution in [1.82, 2.24) is 4.90 Å². The van der Waals surface area contributed by atoms with Crippen LogP contribution in [0.2, 0.25) is 0 Å². The van der Waals surface area contributed by atoms with Crippen LogP contribution in [0.4, 0.5) is 4.39 Å². The van der Waals surface area contributed by atoms with Gasteiger partial charge in [-0.1, -0.05) is 6.07 Å². The first-order valence-corrected chi connectivity index (χ1v) is 7.41. The minimum atomic E-state index is -0.734. The Morgan fingerprint density at radius 1 is 1.43 bits per heavy atom. The second kappa shape index (κ2) is 6.89. The fourth-order valence-corrected chi connectivity index (χ4v) is 3.02. The summed E-state index contributed by atoms with van der Waals surface area (Å²) in [5.74, 6) is -0.709. The van der Waals surface area contributed by atoms with Crippen LogP contribution in [0.3, 0.4) is 0 Å². The van der Waals surface area contributed by atoms with Crippen molar-refractivity contribution in [3.8, 4) is 5.75 Å². The predicted octanol–water partition coefficient (Wildman–Crippen LogP) is 3.17. The standard InChI is InChI=1S/C16H22FNO3/c1-11(14-4-3-13(17)10-15(14)19)18-8-6-12(7-9-18)2-5-16(20)21/h3-4,10-12,19H,2,5-9H2,1H3,(H,20,21). The first-order chi connectivity index (χ1) is 9.97. The van der Waals surface area contributed by atoms with Crippen molar-refractivity contribution in [2.24, 2.45) is 5.92 Å². The number of halogens is 1. The molecule has 1 aliphatic rings. The third-order valence-electron chi connectivity index (χ3n) is 4.41. The summed E-state index contributed by atoms with van der Waals surface area (Å²) < 4.78 is 13.0. The van der Waals surface area contributed by atoms with Gasteiger partial charge in [0.15, 0.2) is 0 Å². The van der Waals surface area contributed by atoms with Crippen LogP contribution in [0, 0.1) is 11.7 Å². The van der Waals surface area contributed by atoms with Crippen LogP contribution < -0.4 is 0 Å². The average molecular weight is 295 g/mol. The number of rotatable bonds is 5. The lowest BCUT2D eigenvalue weighted by Crippen LogP contribution is -2.35. The minimum Gasteiger partial charge on any atom is -0.508 e. The highest BCUT2D eigenvalue weighted by atomic mass is 19.1. The van der Waals surface area contributed by atoms with Crippen LogP contribution in [0.1, 0.15) is 44.2 Å². The Labute approximate surface area is 124 Å². The van der Waals surface area contributed by atoms with Gasteiger partial charge in [0.05, 0.1) is 0 Å². The molecular weight excluding hydrogens is 273 g/mol. The summed E-state index contributed by atoms with van der Waals surface area (Å²) in [5.41, 5.74) is 0.736. The number of hydrogen-bond donors (Lipinski definition) is 2. The smallest absolute Gasteiger partial charge is 0.303 e. The number of carboxylic acid groups (broad SMARTS) is 1. The van der Waals surface area contributed by atoms with E-state index < -0.39 is 11.8 Å². The number of likely N-dealkylation sites (tertiary alicyclic amines) is 1. The van der Waals surface area contributed by atoms with Gasteiger partial charge >= 0.3 is 5.97 Å². The lowest BCUT2D eigenvalue weighted by atomic mass is 9.91. The van der Waals surface area contributed by atoms with E-state index in [1.54, 1.807) is 6.07 Å². The Morgan fingerprint density at radius 2 is 2.10 bits per heavy atom. The molecule has 5 heteroatoms. The number of aromatic hydroxyl groups is 1. The van der Waals surface area contributed by atoms with Gasteiger partial charge < -0.3 is 10.2 Å². The van der Waals surface area contributed by atoms with Gasteiger partial charge in [0.25, 0.3) is 0 Å². The molecule has 0 saturated carbocycles. The number of aliphatic carboxylic acids is 1. The van der Waals surface area contributed by atoms with E-state index in [4.69, 9.17) is 5.11 Å². The van der Waals surface area contributed by atoms with Gasteiger partial charge in [0.1, 0.15) is 11.6 Å². The molecule has 2 N–H and O–H groups in total. The summed E-state index contributed by atoms with van der Waals surface area (Å²) in [7, 11) is 0. The Bertz CT molecular complexity index is 498. The van der Waals surface area contributed by atoms with Gasteiger partial charge in [-0.3, -0.25) is 9.69 Å². The molecule has 0 aliphatic carbocycles. The number of nitrogens with zero attached hydrogens (tertiary/aromatic N) is 1. The zero-order valence-electron chi connectivity index (χ0n) is 12.3. The van der Waals surface area contributed by atoms with Crippen LogP contribution in [0.25, 0.3) is 0 Å². The normalized spacial score (nSPS) is 18.6. The van der Waals surface area contributed by atoms with E-state index in [1.165, 1.54) is 6.07 Å². The summed E-state index contributed by atoms with van der Waals surface area (Å²) in [5, 5.41) is 18.6. The first-order valence-electron chi connectivity index (χ1n) is 7.41. The zero-order valence-corrected chi connectivity index (χ0v) is 12.3. The Balaban J connectivity index is 1.90. The molecule has 2 rings (SSSR count). The van der Waals surface area contributed by atoms with Gasteiger partial charge in [-0.05, 0) is 51.3 Å². The maximum absolute atomic E-state index is 13.0. The molecule has 21 heavy (non-hydrogen) atoms.